The van der Waals surface area contributed by atoms with Crippen LogP contribution in [0.1, 0.15) is 0 Å². The van der Waals surface area contributed by atoms with Gasteiger partial charge in [0.2, 0.25) is 0 Å². The second kappa shape index (κ2) is 0.423. The maximum absolute atomic E-state index is 3.43. The van der Waals surface area contributed by atoms with Crippen LogP contribution in [0.25, 0.3) is 0 Å². The second-order valence-electron chi connectivity index (χ2n) is 1.70. The molecule has 0 N–H and O–H groups in total. The molecule has 2 atom stereocenters. The highest BCUT2D eigenvalue weighted by atomic mass is 31.0. The molecule has 2 unspecified atom stereocenters. The lowest BCUT2D eigenvalue weighted by atomic mass is 9.89. The molecule has 2 rings (SSSR count). The highest BCUT2D eigenvalue weighted by molar-refractivity contribution is 7.28. The van der Waals surface area contributed by atoms with Crippen molar-refractivity contribution in [1.29, 1.82) is 0 Å². The van der Waals surface area contributed by atoms with E-state index in [-0.39, 0.29) is 0 Å². The van der Waals surface area contributed by atoms with Crippen molar-refractivity contribution in [3.05, 3.63) is 0 Å². The first-order valence-corrected chi connectivity index (χ1v) is 2.33. The molecule has 2 heteroatoms. The first-order valence-electron chi connectivity index (χ1n) is 1.83. The molecule has 0 spiro atoms. The normalized spacial score (nSPS) is 54.0. The molecule has 0 aromatic rings. The molecule has 0 amide bonds. The van der Waals surface area contributed by atoms with Crippen molar-refractivity contribution in [2.75, 3.05) is 0 Å². The van der Waals surface area contributed by atoms with E-state index >= 15 is 0 Å². The summed E-state index contributed by atoms with van der Waals surface area (Å²) in [6.07, 6.45) is 0. The van der Waals surface area contributed by atoms with Crippen molar-refractivity contribution >= 4 is 21.4 Å². The third kappa shape index (κ3) is 0.141. The quantitative estimate of drug-likeness (QED) is 0.296. The molecular formula is C3H3BP. The first kappa shape index (κ1) is 2.42. The van der Waals surface area contributed by atoms with Crippen LogP contribution in [0, 0.1) is 0 Å². The van der Waals surface area contributed by atoms with Gasteiger partial charge in [-0.1, -0.05) is 5.29 Å². The lowest BCUT2D eigenvalue weighted by molar-refractivity contribution is 1.69. The first-order chi connectivity index (χ1) is 2.39. The third-order valence-corrected chi connectivity index (χ3v) is 1.94. The molecule has 0 aromatic heterocycles. The van der Waals surface area contributed by atoms with E-state index in [2.05, 4.69) is 16.1 Å². The molecule has 1 radical (unpaired) electrons. The summed E-state index contributed by atoms with van der Waals surface area (Å²) in [6.45, 7) is 0. The van der Waals surface area contributed by atoms with Gasteiger partial charge in [-0.3, -0.25) is 0 Å². The molecule has 1 saturated carbocycles. The molecule has 2 aliphatic rings. The number of rotatable bonds is 0. The monoisotopic (exact) mass is 81.0 g/mol. The molecule has 0 bridgehead atoms. The summed E-state index contributed by atoms with van der Waals surface area (Å²) >= 11 is 0. The Morgan fingerprint density at radius 1 is 1.60 bits per heavy atom. The molecule has 0 nitrogen and oxygen atoms in total. The molecular weight excluding hydrogens is 77.8 g/mol. The van der Waals surface area contributed by atoms with Crippen LogP contribution in [0.15, 0.2) is 0 Å². The molecule has 1 heterocycles. The van der Waals surface area contributed by atoms with E-state index in [1.165, 1.54) is 5.29 Å². The topological polar surface area (TPSA) is 0 Å². The van der Waals surface area contributed by atoms with E-state index < -0.39 is 0 Å². The van der Waals surface area contributed by atoms with Crippen LogP contribution in [0.4, 0.5) is 0 Å². The van der Waals surface area contributed by atoms with Crippen LogP contribution in [-0.4, -0.2) is 12.6 Å². The van der Waals surface area contributed by atoms with Gasteiger partial charge in [-0.15, -0.1) is 8.86 Å². The minimum atomic E-state index is 0.923. The van der Waals surface area contributed by atoms with Crippen molar-refractivity contribution in [2.24, 2.45) is 0 Å². The molecule has 0 aromatic carbocycles. The van der Waals surface area contributed by atoms with Crippen LogP contribution in [0.5, 0.6) is 0 Å². The average Bonchev–Trinajstić information content (AvgIpc) is 2.11. The molecule has 2 fully saturated rings. The average molecular weight is 80.8 g/mol. The van der Waals surface area contributed by atoms with Gasteiger partial charge in [-0.2, -0.15) is 0 Å². The Balaban J connectivity index is 2.46. The Morgan fingerprint density at radius 2 is 2.00 bits per heavy atom. The Labute approximate surface area is 34.0 Å². The van der Waals surface area contributed by atoms with Crippen molar-refractivity contribution in [3.63, 3.8) is 0 Å². The zero-order chi connectivity index (χ0) is 3.44. The fraction of sp³-hybridized carbons (Fsp3) is 0.667. The zero-order valence-electron chi connectivity index (χ0n) is 2.73. The predicted molar refractivity (Wildman–Crippen MR) is 26.6 cm³/mol. The molecule has 23 valence electrons. The maximum Gasteiger partial charge on any atom is 0.129 e. The summed E-state index contributed by atoms with van der Waals surface area (Å²) in [5.74, 6) is 1.85. The number of hydrogen-bond donors (Lipinski definition) is 0. The summed E-state index contributed by atoms with van der Waals surface area (Å²) in [4.78, 5) is 0. The highest BCUT2D eigenvalue weighted by Gasteiger charge is 2.58. The number of fused-ring (bicyclic) bond motifs is 1. The molecule has 1 aliphatic carbocycles. The van der Waals surface area contributed by atoms with Gasteiger partial charge in [0.25, 0.3) is 0 Å². The van der Waals surface area contributed by atoms with Gasteiger partial charge in [0.15, 0.2) is 0 Å². The minimum absolute atomic E-state index is 0.923. The van der Waals surface area contributed by atoms with Gasteiger partial charge in [0.1, 0.15) is 7.28 Å². The third-order valence-electron chi connectivity index (χ3n) is 1.27. The van der Waals surface area contributed by atoms with Crippen molar-refractivity contribution < 1.29 is 0 Å². The van der Waals surface area contributed by atoms with E-state index in [4.69, 9.17) is 0 Å². The molecule has 1 saturated heterocycles. The maximum atomic E-state index is 3.43. The standard InChI is InChI=1S/C3H3BP/c5-3-1-2(3)4-1/h1-2,5H. The van der Waals surface area contributed by atoms with Crippen molar-refractivity contribution in [1.82, 2.24) is 0 Å². The fourth-order valence-electron chi connectivity index (χ4n) is 0.553. The lowest BCUT2D eigenvalue weighted by Crippen LogP contribution is -1.77. The number of hydrogen-bond acceptors (Lipinski definition) is 0. The second-order valence-corrected chi connectivity index (χ2v) is 2.28. The van der Waals surface area contributed by atoms with Crippen LogP contribution in [-0.2, 0) is 0 Å². The van der Waals surface area contributed by atoms with Crippen molar-refractivity contribution in [3.8, 4) is 0 Å². The van der Waals surface area contributed by atoms with Crippen LogP contribution >= 0.6 is 8.86 Å². The van der Waals surface area contributed by atoms with Crippen LogP contribution in [0.3, 0.4) is 0 Å². The van der Waals surface area contributed by atoms with Crippen LogP contribution in [0.2, 0.25) is 11.6 Å². The van der Waals surface area contributed by atoms with Gasteiger partial charge in [0.05, 0.1) is 0 Å². The smallest absolute Gasteiger partial charge is 0.124 e. The Morgan fingerprint density at radius 3 is 2.00 bits per heavy atom. The highest BCUT2D eigenvalue weighted by Crippen LogP contribution is 2.64. The summed E-state index contributed by atoms with van der Waals surface area (Å²) in [6, 6.07) is 0. The Hall–Kier alpha value is 0.235. The Bertz CT molecular complexity index is 89.1. The van der Waals surface area contributed by atoms with E-state index in [1.54, 1.807) is 0 Å². The summed E-state index contributed by atoms with van der Waals surface area (Å²) in [5, 5.41) is 1.52. The summed E-state index contributed by atoms with van der Waals surface area (Å²) in [5.41, 5.74) is 0. The lowest BCUT2D eigenvalue weighted by Gasteiger charge is -1.68. The van der Waals surface area contributed by atoms with E-state index in [9.17, 15) is 0 Å². The van der Waals surface area contributed by atoms with E-state index in [1.807, 2.05) is 0 Å². The predicted octanol–water partition coefficient (Wildman–Crippen LogP) is 0.610. The van der Waals surface area contributed by atoms with Gasteiger partial charge < -0.3 is 0 Å². The Kier molecular flexibility index (Phi) is 0.204. The fourth-order valence-corrected chi connectivity index (χ4v) is 1.02. The van der Waals surface area contributed by atoms with Crippen molar-refractivity contribution in [2.45, 2.75) is 11.6 Å². The van der Waals surface area contributed by atoms with E-state index in [0.717, 1.165) is 11.6 Å². The van der Waals surface area contributed by atoms with E-state index in [0.29, 0.717) is 0 Å². The minimum Gasteiger partial charge on any atom is -0.124 e. The summed E-state index contributed by atoms with van der Waals surface area (Å²) in [7, 11) is 5.75. The molecule has 1 aliphatic heterocycles. The summed E-state index contributed by atoms with van der Waals surface area (Å²) < 4.78 is 0. The molecule has 5 heavy (non-hydrogen) atoms. The SMILES string of the molecule is P=C1C2[B]C12. The van der Waals surface area contributed by atoms with Gasteiger partial charge >= 0.3 is 0 Å². The zero-order valence-corrected chi connectivity index (χ0v) is 3.73. The van der Waals surface area contributed by atoms with Gasteiger partial charge in [-0.05, 0) is 11.6 Å². The van der Waals surface area contributed by atoms with Gasteiger partial charge in [-0.25, -0.2) is 0 Å². The van der Waals surface area contributed by atoms with Crippen LogP contribution < -0.4 is 0 Å². The van der Waals surface area contributed by atoms with Gasteiger partial charge in [0, 0.05) is 0 Å². The largest absolute Gasteiger partial charge is 0.129 e.